The van der Waals surface area contributed by atoms with Crippen molar-refractivity contribution >= 4 is 28.4 Å². The highest BCUT2D eigenvalue weighted by atomic mass is 32.2. The van der Waals surface area contributed by atoms with E-state index in [4.69, 9.17) is 0 Å². The van der Waals surface area contributed by atoms with Gasteiger partial charge in [-0.05, 0) is 5.56 Å². The molecule has 0 aliphatic carbocycles. The first-order valence-electron chi connectivity index (χ1n) is 5.59. The smallest absolute Gasteiger partial charge is 0.263 e. The summed E-state index contributed by atoms with van der Waals surface area (Å²) in [6.07, 6.45) is 0.869. The molecular weight excluding hydrogens is 248 g/mol. The normalized spacial score (nSPS) is 18.4. The van der Waals surface area contributed by atoms with Crippen molar-refractivity contribution in [3.63, 3.8) is 0 Å². The molecule has 1 heterocycles. The molecule has 0 bridgehead atoms. The number of amidine groups is 1. The van der Waals surface area contributed by atoms with Crippen LogP contribution in [0.5, 0.6) is 0 Å². The fraction of sp³-hybridized carbons (Fsp3) is 0.231. The van der Waals surface area contributed by atoms with Crippen molar-refractivity contribution in [1.29, 1.82) is 0 Å². The molecule has 0 radical (unpaired) electrons. The van der Waals surface area contributed by atoms with Gasteiger partial charge in [0.15, 0.2) is 5.17 Å². The highest BCUT2D eigenvalue weighted by Gasteiger charge is 2.28. The summed E-state index contributed by atoms with van der Waals surface area (Å²) in [6, 6.07) is 9.13. The lowest BCUT2D eigenvalue weighted by Gasteiger charge is -2.17. The number of benzene rings is 1. The van der Waals surface area contributed by atoms with Crippen LogP contribution in [0.15, 0.2) is 41.6 Å². The van der Waals surface area contributed by atoms with E-state index in [1.807, 2.05) is 18.2 Å². The van der Waals surface area contributed by atoms with Crippen LogP contribution in [0.3, 0.4) is 0 Å². The summed E-state index contributed by atoms with van der Waals surface area (Å²) in [4.78, 5) is 18.0. The number of aliphatic hydroxyl groups excluding tert-OH is 1. The van der Waals surface area contributed by atoms with Crippen molar-refractivity contribution in [3.8, 4) is 0 Å². The summed E-state index contributed by atoms with van der Waals surface area (Å²) in [6.45, 7) is 0.625. The molecule has 18 heavy (non-hydrogen) atoms. The number of hydrogen-bond acceptors (Lipinski definition) is 4. The van der Waals surface area contributed by atoms with Crippen LogP contribution < -0.4 is 0 Å². The lowest BCUT2D eigenvalue weighted by molar-refractivity contribution is -0.121. The van der Waals surface area contributed by atoms with Gasteiger partial charge >= 0.3 is 0 Å². The number of thioether (sulfide) groups is 1. The van der Waals surface area contributed by atoms with Crippen molar-refractivity contribution in [2.45, 2.75) is 0 Å². The molecule has 1 aromatic carbocycles. The lowest BCUT2D eigenvalue weighted by Crippen LogP contribution is -2.32. The Kier molecular flexibility index (Phi) is 4.04. The van der Waals surface area contributed by atoms with Crippen LogP contribution in [-0.4, -0.2) is 40.4 Å². The molecule has 0 atom stereocenters. The summed E-state index contributed by atoms with van der Waals surface area (Å²) in [5.41, 5.74) is 0.997. The summed E-state index contributed by atoms with van der Waals surface area (Å²) in [5, 5.41) is 10.0. The van der Waals surface area contributed by atoms with Gasteiger partial charge in [0, 0.05) is 19.3 Å². The third-order valence-electron chi connectivity index (χ3n) is 2.66. The molecule has 94 valence electrons. The standard InChI is InChI=1S/C13H14N2O2S/c1-14-13-15(7-8-18-13)12(17)11(9-16)10-5-3-2-4-6-10/h2-6,9,16H,7-8H2,1H3/b11-9+,14-13?. The summed E-state index contributed by atoms with van der Waals surface area (Å²) < 4.78 is 0. The average molecular weight is 262 g/mol. The van der Waals surface area contributed by atoms with Gasteiger partial charge in [-0.2, -0.15) is 0 Å². The fourth-order valence-electron chi connectivity index (χ4n) is 1.79. The van der Waals surface area contributed by atoms with Gasteiger partial charge in [-0.25, -0.2) is 0 Å². The number of nitrogens with zero attached hydrogens (tertiary/aromatic N) is 2. The number of rotatable bonds is 2. The predicted molar refractivity (Wildman–Crippen MR) is 74.6 cm³/mol. The van der Waals surface area contributed by atoms with Gasteiger partial charge in [-0.15, -0.1) is 0 Å². The first-order valence-corrected chi connectivity index (χ1v) is 6.57. The van der Waals surface area contributed by atoms with Gasteiger partial charge in [-0.1, -0.05) is 42.1 Å². The van der Waals surface area contributed by atoms with Crippen LogP contribution in [0.1, 0.15) is 5.56 Å². The Morgan fingerprint density at radius 1 is 1.44 bits per heavy atom. The second-order valence-corrected chi connectivity index (χ2v) is 4.78. The quantitative estimate of drug-likeness (QED) is 0.656. The highest BCUT2D eigenvalue weighted by Crippen LogP contribution is 2.23. The molecule has 1 aliphatic heterocycles. The topological polar surface area (TPSA) is 52.9 Å². The van der Waals surface area contributed by atoms with Crippen LogP contribution >= 0.6 is 11.8 Å². The van der Waals surface area contributed by atoms with E-state index in [2.05, 4.69) is 4.99 Å². The van der Waals surface area contributed by atoms with E-state index in [1.165, 1.54) is 0 Å². The molecule has 1 amide bonds. The minimum Gasteiger partial charge on any atom is -0.515 e. The Bertz CT molecular complexity index is 497. The van der Waals surface area contributed by atoms with Gasteiger partial charge in [0.25, 0.3) is 5.91 Å². The Hall–Kier alpha value is -1.75. The Morgan fingerprint density at radius 3 is 2.78 bits per heavy atom. The van der Waals surface area contributed by atoms with E-state index in [0.717, 1.165) is 12.0 Å². The largest absolute Gasteiger partial charge is 0.515 e. The third-order valence-corrected chi connectivity index (χ3v) is 3.71. The van der Waals surface area contributed by atoms with Crippen molar-refractivity contribution in [2.24, 2.45) is 4.99 Å². The second-order valence-electron chi connectivity index (χ2n) is 3.72. The monoisotopic (exact) mass is 262 g/mol. The number of aliphatic imine (C=N–C) groups is 1. The van der Waals surface area contributed by atoms with E-state index < -0.39 is 0 Å². The molecule has 4 nitrogen and oxygen atoms in total. The van der Waals surface area contributed by atoms with E-state index in [-0.39, 0.29) is 5.91 Å². The van der Waals surface area contributed by atoms with Gasteiger partial charge in [-0.3, -0.25) is 14.7 Å². The van der Waals surface area contributed by atoms with E-state index in [1.54, 1.807) is 35.8 Å². The zero-order valence-electron chi connectivity index (χ0n) is 10.0. The second kappa shape index (κ2) is 5.73. The summed E-state index contributed by atoms with van der Waals surface area (Å²) in [7, 11) is 1.67. The number of hydrogen-bond donors (Lipinski definition) is 1. The minimum absolute atomic E-state index is 0.214. The van der Waals surface area contributed by atoms with Crippen molar-refractivity contribution < 1.29 is 9.90 Å². The van der Waals surface area contributed by atoms with E-state index in [0.29, 0.717) is 22.8 Å². The van der Waals surface area contributed by atoms with Crippen LogP contribution in [0, 0.1) is 0 Å². The Labute approximate surface area is 110 Å². The van der Waals surface area contributed by atoms with Gasteiger partial charge in [0.05, 0.1) is 11.8 Å². The molecule has 1 aromatic rings. The fourth-order valence-corrected chi connectivity index (χ4v) is 2.71. The highest BCUT2D eigenvalue weighted by molar-refractivity contribution is 8.14. The van der Waals surface area contributed by atoms with Crippen molar-refractivity contribution in [1.82, 2.24) is 4.90 Å². The molecule has 0 spiro atoms. The summed E-state index contributed by atoms with van der Waals surface area (Å²) >= 11 is 1.55. The zero-order valence-corrected chi connectivity index (χ0v) is 10.9. The first kappa shape index (κ1) is 12.7. The maximum Gasteiger partial charge on any atom is 0.263 e. The average Bonchev–Trinajstić information content (AvgIpc) is 2.89. The van der Waals surface area contributed by atoms with Gasteiger partial charge in [0.2, 0.25) is 0 Å². The van der Waals surface area contributed by atoms with Crippen molar-refractivity contribution in [3.05, 3.63) is 42.2 Å². The first-order chi connectivity index (χ1) is 8.77. The number of aliphatic hydroxyl groups is 1. The predicted octanol–water partition coefficient (Wildman–Crippen LogP) is 2.15. The SMILES string of the molecule is CN=C1SCCN1C(=O)/C(=C/O)c1ccccc1. The van der Waals surface area contributed by atoms with E-state index >= 15 is 0 Å². The maximum atomic E-state index is 12.3. The Morgan fingerprint density at radius 2 is 2.17 bits per heavy atom. The molecule has 0 aromatic heterocycles. The number of carbonyl (C=O) groups excluding carboxylic acids is 1. The molecule has 0 unspecified atom stereocenters. The van der Waals surface area contributed by atoms with Crippen LogP contribution in [0.25, 0.3) is 5.57 Å². The van der Waals surface area contributed by atoms with E-state index in [9.17, 15) is 9.90 Å². The molecular formula is C13H14N2O2S. The third kappa shape index (κ3) is 2.41. The number of carbonyl (C=O) groups is 1. The molecule has 1 fully saturated rings. The lowest BCUT2D eigenvalue weighted by atomic mass is 10.1. The number of amides is 1. The van der Waals surface area contributed by atoms with Crippen molar-refractivity contribution in [2.75, 3.05) is 19.3 Å². The molecule has 2 rings (SSSR count). The molecule has 1 N–H and O–H groups in total. The summed E-state index contributed by atoms with van der Waals surface area (Å²) in [5.74, 6) is 0.626. The minimum atomic E-state index is -0.214. The Balaban J connectivity index is 2.27. The molecule has 1 aliphatic rings. The van der Waals surface area contributed by atoms with Crippen LogP contribution in [0.4, 0.5) is 0 Å². The molecule has 1 saturated heterocycles. The molecule has 0 saturated carbocycles. The zero-order chi connectivity index (χ0) is 13.0. The van der Waals surface area contributed by atoms with Gasteiger partial charge in [0.1, 0.15) is 0 Å². The van der Waals surface area contributed by atoms with Gasteiger partial charge < -0.3 is 5.11 Å². The van der Waals surface area contributed by atoms with Crippen LogP contribution in [-0.2, 0) is 4.79 Å². The maximum absolute atomic E-state index is 12.3. The molecule has 5 heteroatoms. The van der Waals surface area contributed by atoms with Crippen LogP contribution in [0.2, 0.25) is 0 Å².